The van der Waals surface area contributed by atoms with Crippen molar-refractivity contribution in [3.05, 3.63) is 23.9 Å². The van der Waals surface area contributed by atoms with E-state index in [1.165, 1.54) is 19.3 Å². The third-order valence-corrected chi connectivity index (χ3v) is 3.24. The summed E-state index contributed by atoms with van der Waals surface area (Å²) in [5.41, 5.74) is 1.16. The minimum absolute atomic E-state index is 0.296. The lowest BCUT2D eigenvalue weighted by atomic mass is 10.1. The van der Waals surface area contributed by atoms with Crippen LogP contribution in [0.4, 0.5) is 0 Å². The molecule has 1 heterocycles. The maximum absolute atomic E-state index is 5.80. The Hall–Kier alpha value is -1.09. The van der Waals surface area contributed by atoms with Gasteiger partial charge in [-0.05, 0) is 31.9 Å². The van der Waals surface area contributed by atoms with Crippen molar-refractivity contribution in [1.29, 1.82) is 0 Å². The molecule has 3 heteroatoms. The molecule has 0 amide bonds. The third kappa shape index (κ3) is 3.70. The van der Waals surface area contributed by atoms with Gasteiger partial charge in [-0.1, -0.05) is 25.8 Å². The molecule has 0 saturated heterocycles. The maximum Gasteiger partial charge on any atom is 0.218 e. The molecule has 1 unspecified atom stereocenters. The van der Waals surface area contributed by atoms with Gasteiger partial charge in [0.2, 0.25) is 5.88 Å². The van der Waals surface area contributed by atoms with Crippen LogP contribution in [0.25, 0.3) is 0 Å². The Balaban J connectivity index is 1.93. The SMILES string of the molecule is CCNC(C)c1cccnc1OCCC1CC1. The molecule has 1 atom stereocenters. The second kappa shape index (κ2) is 6.01. The predicted octanol–water partition coefficient (Wildman–Crippen LogP) is 2.93. The molecule has 1 aliphatic carbocycles. The van der Waals surface area contributed by atoms with Crippen molar-refractivity contribution in [2.45, 2.75) is 39.2 Å². The summed E-state index contributed by atoms with van der Waals surface area (Å²) in [6.07, 6.45) is 5.73. The fourth-order valence-corrected chi connectivity index (χ4v) is 2.00. The van der Waals surface area contributed by atoms with Crippen LogP contribution in [0.1, 0.15) is 44.7 Å². The largest absolute Gasteiger partial charge is 0.477 e. The molecule has 0 aliphatic heterocycles. The summed E-state index contributed by atoms with van der Waals surface area (Å²) in [4.78, 5) is 4.34. The van der Waals surface area contributed by atoms with Crippen molar-refractivity contribution in [2.75, 3.05) is 13.2 Å². The van der Waals surface area contributed by atoms with Crippen LogP contribution in [-0.2, 0) is 0 Å². The third-order valence-electron chi connectivity index (χ3n) is 3.24. The van der Waals surface area contributed by atoms with Crippen LogP contribution in [0.5, 0.6) is 5.88 Å². The first kappa shape index (κ1) is 12.4. The van der Waals surface area contributed by atoms with Crippen LogP contribution in [0, 0.1) is 5.92 Å². The second-order valence-corrected chi connectivity index (χ2v) is 4.76. The van der Waals surface area contributed by atoms with Crippen molar-refractivity contribution in [3.63, 3.8) is 0 Å². The van der Waals surface area contributed by atoms with Gasteiger partial charge in [0, 0.05) is 17.8 Å². The monoisotopic (exact) mass is 234 g/mol. The van der Waals surface area contributed by atoms with Crippen molar-refractivity contribution >= 4 is 0 Å². The second-order valence-electron chi connectivity index (χ2n) is 4.76. The quantitative estimate of drug-likeness (QED) is 0.787. The molecule has 17 heavy (non-hydrogen) atoms. The Morgan fingerprint density at radius 3 is 3.06 bits per heavy atom. The molecule has 2 rings (SSSR count). The average Bonchev–Trinajstić information content (AvgIpc) is 3.14. The zero-order chi connectivity index (χ0) is 12.1. The average molecular weight is 234 g/mol. The lowest BCUT2D eigenvalue weighted by Crippen LogP contribution is -2.19. The fourth-order valence-electron chi connectivity index (χ4n) is 2.00. The van der Waals surface area contributed by atoms with Crippen molar-refractivity contribution in [2.24, 2.45) is 5.92 Å². The van der Waals surface area contributed by atoms with E-state index in [-0.39, 0.29) is 0 Å². The van der Waals surface area contributed by atoms with E-state index in [4.69, 9.17) is 4.74 Å². The molecule has 94 valence electrons. The van der Waals surface area contributed by atoms with E-state index in [9.17, 15) is 0 Å². The highest BCUT2D eigenvalue weighted by atomic mass is 16.5. The van der Waals surface area contributed by atoms with Crippen LogP contribution in [0.2, 0.25) is 0 Å². The van der Waals surface area contributed by atoms with Crippen LogP contribution < -0.4 is 10.1 Å². The first-order chi connectivity index (χ1) is 8.31. The van der Waals surface area contributed by atoms with Gasteiger partial charge < -0.3 is 10.1 Å². The number of pyridine rings is 1. The van der Waals surface area contributed by atoms with E-state index in [0.29, 0.717) is 6.04 Å². The van der Waals surface area contributed by atoms with Gasteiger partial charge in [-0.25, -0.2) is 4.98 Å². The predicted molar refractivity (Wildman–Crippen MR) is 69.2 cm³/mol. The molecule has 1 N–H and O–H groups in total. The minimum Gasteiger partial charge on any atom is -0.477 e. The Labute approximate surface area is 104 Å². The molecular weight excluding hydrogens is 212 g/mol. The molecule has 0 aromatic carbocycles. The highest BCUT2D eigenvalue weighted by molar-refractivity contribution is 5.28. The summed E-state index contributed by atoms with van der Waals surface area (Å²) in [7, 11) is 0. The number of nitrogens with zero attached hydrogens (tertiary/aromatic N) is 1. The standard InChI is InChI=1S/C14H22N2O/c1-3-15-11(2)13-5-4-9-16-14(13)17-10-8-12-6-7-12/h4-5,9,11-12,15H,3,6-8,10H2,1-2H3. The zero-order valence-corrected chi connectivity index (χ0v) is 10.8. The smallest absolute Gasteiger partial charge is 0.218 e. The number of nitrogens with one attached hydrogen (secondary N) is 1. The number of ether oxygens (including phenoxy) is 1. The lowest BCUT2D eigenvalue weighted by Gasteiger charge is -2.16. The molecule has 1 saturated carbocycles. The van der Waals surface area contributed by atoms with Crippen LogP contribution in [-0.4, -0.2) is 18.1 Å². The first-order valence-electron chi connectivity index (χ1n) is 6.62. The van der Waals surface area contributed by atoms with E-state index in [2.05, 4.69) is 30.2 Å². The lowest BCUT2D eigenvalue weighted by molar-refractivity contribution is 0.285. The van der Waals surface area contributed by atoms with Crippen molar-refractivity contribution in [3.8, 4) is 5.88 Å². The Morgan fingerprint density at radius 1 is 1.53 bits per heavy atom. The number of aromatic nitrogens is 1. The van der Waals surface area contributed by atoms with Gasteiger partial charge >= 0.3 is 0 Å². The van der Waals surface area contributed by atoms with Crippen LogP contribution in [0.3, 0.4) is 0 Å². The van der Waals surface area contributed by atoms with Gasteiger partial charge in [0.05, 0.1) is 6.61 Å². The van der Waals surface area contributed by atoms with Gasteiger partial charge in [-0.2, -0.15) is 0 Å². The summed E-state index contributed by atoms with van der Waals surface area (Å²) in [6.45, 7) is 6.01. The maximum atomic E-state index is 5.80. The van der Waals surface area contributed by atoms with Crippen LogP contribution >= 0.6 is 0 Å². The number of rotatable bonds is 7. The van der Waals surface area contributed by atoms with E-state index in [0.717, 1.165) is 30.5 Å². The summed E-state index contributed by atoms with van der Waals surface area (Å²) >= 11 is 0. The summed E-state index contributed by atoms with van der Waals surface area (Å²) < 4.78 is 5.80. The Morgan fingerprint density at radius 2 is 2.35 bits per heavy atom. The molecule has 0 spiro atoms. The molecule has 3 nitrogen and oxygen atoms in total. The molecule has 1 aliphatic rings. The van der Waals surface area contributed by atoms with E-state index in [1.807, 2.05) is 6.07 Å². The topological polar surface area (TPSA) is 34.2 Å². The Bertz CT molecular complexity index is 350. The van der Waals surface area contributed by atoms with E-state index < -0.39 is 0 Å². The molecule has 1 aromatic heterocycles. The van der Waals surface area contributed by atoms with Gasteiger partial charge in [-0.15, -0.1) is 0 Å². The number of hydrogen-bond donors (Lipinski definition) is 1. The molecule has 0 bridgehead atoms. The fraction of sp³-hybridized carbons (Fsp3) is 0.643. The Kier molecular flexibility index (Phi) is 4.37. The van der Waals surface area contributed by atoms with Gasteiger partial charge in [0.25, 0.3) is 0 Å². The van der Waals surface area contributed by atoms with E-state index >= 15 is 0 Å². The zero-order valence-electron chi connectivity index (χ0n) is 10.8. The normalized spacial score (nSPS) is 16.8. The van der Waals surface area contributed by atoms with Crippen LogP contribution in [0.15, 0.2) is 18.3 Å². The summed E-state index contributed by atoms with van der Waals surface area (Å²) in [5.74, 6) is 1.70. The van der Waals surface area contributed by atoms with Crippen molar-refractivity contribution in [1.82, 2.24) is 10.3 Å². The van der Waals surface area contributed by atoms with Gasteiger partial charge in [0.1, 0.15) is 0 Å². The van der Waals surface area contributed by atoms with Gasteiger partial charge in [0.15, 0.2) is 0 Å². The van der Waals surface area contributed by atoms with Crippen molar-refractivity contribution < 1.29 is 4.74 Å². The summed E-state index contributed by atoms with van der Waals surface area (Å²) in [5, 5.41) is 3.39. The molecular formula is C14H22N2O. The number of hydrogen-bond acceptors (Lipinski definition) is 3. The minimum atomic E-state index is 0.296. The molecule has 1 fully saturated rings. The summed E-state index contributed by atoms with van der Waals surface area (Å²) in [6, 6.07) is 4.36. The molecule has 1 aromatic rings. The van der Waals surface area contributed by atoms with Gasteiger partial charge in [-0.3, -0.25) is 0 Å². The molecule has 0 radical (unpaired) electrons. The highest BCUT2D eigenvalue weighted by Gasteiger charge is 2.21. The van der Waals surface area contributed by atoms with E-state index in [1.54, 1.807) is 6.20 Å². The highest BCUT2D eigenvalue weighted by Crippen LogP contribution is 2.32. The first-order valence-corrected chi connectivity index (χ1v) is 6.62.